The van der Waals surface area contributed by atoms with Crippen molar-refractivity contribution in [1.29, 1.82) is 0 Å². The van der Waals surface area contributed by atoms with Crippen LogP contribution in [0, 0.1) is 12.3 Å². The first-order valence-electron chi connectivity index (χ1n) is 6.51. The lowest BCUT2D eigenvalue weighted by molar-refractivity contribution is 1.17. The fraction of sp³-hybridized carbons (Fsp3) is 0.0588. The van der Waals surface area contributed by atoms with Crippen molar-refractivity contribution in [3.05, 3.63) is 65.4 Å². The van der Waals surface area contributed by atoms with Crippen LogP contribution in [0.15, 0.2) is 55.0 Å². The van der Waals surface area contributed by atoms with Crippen LogP contribution in [0.1, 0.15) is 10.4 Å². The van der Waals surface area contributed by atoms with Crippen molar-refractivity contribution in [1.82, 2.24) is 9.97 Å². The second-order valence-electron chi connectivity index (χ2n) is 4.45. The molecule has 0 saturated carbocycles. The fourth-order valence-electron chi connectivity index (χ4n) is 1.93. The summed E-state index contributed by atoms with van der Waals surface area (Å²) < 4.78 is 0. The van der Waals surface area contributed by atoms with Gasteiger partial charge in [0, 0.05) is 40.3 Å². The van der Waals surface area contributed by atoms with Crippen LogP contribution < -0.4 is 5.32 Å². The number of benzene rings is 1. The molecule has 0 spiro atoms. The molecule has 0 radical (unpaired) electrons. The summed E-state index contributed by atoms with van der Waals surface area (Å²) in [5.41, 5.74) is 2.99. The minimum absolute atomic E-state index is 0.733. The van der Waals surface area contributed by atoms with Gasteiger partial charge >= 0.3 is 0 Å². The van der Waals surface area contributed by atoms with E-state index in [0.717, 1.165) is 28.4 Å². The highest BCUT2D eigenvalue weighted by atomic mass is 32.1. The highest BCUT2D eigenvalue weighted by Gasteiger charge is 2.04. The van der Waals surface area contributed by atoms with Crippen molar-refractivity contribution in [2.24, 2.45) is 0 Å². The molecule has 102 valence electrons. The Labute approximate surface area is 127 Å². The van der Waals surface area contributed by atoms with E-state index >= 15 is 0 Å². The number of rotatable bonds is 4. The third-order valence-electron chi connectivity index (χ3n) is 2.98. The average Bonchev–Trinajstić information content (AvgIpc) is 3.03. The van der Waals surface area contributed by atoms with Gasteiger partial charge in [-0.3, -0.25) is 4.98 Å². The third kappa shape index (κ3) is 3.28. The molecule has 3 nitrogen and oxygen atoms in total. The van der Waals surface area contributed by atoms with Crippen molar-refractivity contribution >= 4 is 17.0 Å². The molecule has 0 aliphatic heterocycles. The Bertz CT molecular complexity index is 772. The third-order valence-corrected chi connectivity index (χ3v) is 4.02. The molecule has 0 amide bonds. The van der Waals surface area contributed by atoms with Crippen LogP contribution in [0.5, 0.6) is 0 Å². The van der Waals surface area contributed by atoms with Gasteiger partial charge < -0.3 is 5.32 Å². The Balaban J connectivity index is 1.69. The zero-order valence-electron chi connectivity index (χ0n) is 11.3. The molecule has 21 heavy (non-hydrogen) atoms. The number of terminal acetylenes is 1. The van der Waals surface area contributed by atoms with Gasteiger partial charge in [-0.15, -0.1) is 17.8 Å². The van der Waals surface area contributed by atoms with Gasteiger partial charge in [-0.05, 0) is 30.3 Å². The topological polar surface area (TPSA) is 37.8 Å². The molecular weight excluding hydrogens is 278 g/mol. The van der Waals surface area contributed by atoms with E-state index in [0.29, 0.717) is 0 Å². The minimum atomic E-state index is 0.733. The number of nitrogens with zero attached hydrogens (tertiary/aromatic N) is 2. The largest absolute Gasteiger partial charge is 0.380 e. The van der Waals surface area contributed by atoms with Crippen LogP contribution in [-0.4, -0.2) is 9.97 Å². The van der Waals surface area contributed by atoms with E-state index in [-0.39, 0.29) is 0 Å². The maximum Gasteiger partial charge on any atom is 0.123 e. The normalized spacial score (nSPS) is 10.0. The minimum Gasteiger partial charge on any atom is -0.380 e. The van der Waals surface area contributed by atoms with Crippen molar-refractivity contribution in [3.8, 4) is 22.9 Å². The van der Waals surface area contributed by atoms with Gasteiger partial charge in [-0.1, -0.05) is 12.0 Å². The quantitative estimate of drug-likeness (QED) is 0.743. The molecule has 0 aliphatic rings. The summed E-state index contributed by atoms with van der Waals surface area (Å²) in [5.74, 6) is 2.64. The molecule has 0 fully saturated rings. The zero-order chi connectivity index (χ0) is 14.5. The van der Waals surface area contributed by atoms with Crippen molar-refractivity contribution in [3.63, 3.8) is 0 Å². The Kier molecular flexibility index (Phi) is 3.95. The lowest BCUT2D eigenvalue weighted by Crippen LogP contribution is -1.97. The number of hydrogen-bond donors (Lipinski definition) is 1. The summed E-state index contributed by atoms with van der Waals surface area (Å²) in [6, 6.07) is 11.8. The van der Waals surface area contributed by atoms with E-state index < -0.39 is 0 Å². The SMILES string of the molecule is C#Cc1cccc(NCc2cnc(-c3ccncc3)s2)c1. The average molecular weight is 291 g/mol. The molecule has 3 rings (SSSR count). The molecule has 0 atom stereocenters. The zero-order valence-corrected chi connectivity index (χ0v) is 12.1. The number of thiazole rings is 1. The molecule has 1 aromatic carbocycles. The lowest BCUT2D eigenvalue weighted by Gasteiger charge is -2.04. The lowest BCUT2D eigenvalue weighted by atomic mass is 10.2. The molecule has 2 aromatic heterocycles. The summed E-state index contributed by atoms with van der Waals surface area (Å²) >= 11 is 1.67. The summed E-state index contributed by atoms with van der Waals surface area (Å²) in [7, 11) is 0. The first kappa shape index (κ1) is 13.3. The number of nitrogens with one attached hydrogen (secondary N) is 1. The van der Waals surface area contributed by atoms with Crippen LogP contribution in [-0.2, 0) is 6.54 Å². The Morgan fingerprint density at radius 3 is 2.86 bits per heavy atom. The fourth-order valence-corrected chi connectivity index (χ4v) is 2.78. The molecule has 1 N–H and O–H groups in total. The van der Waals surface area contributed by atoms with Crippen LogP contribution in [0.2, 0.25) is 0 Å². The molecule has 0 aliphatic carbocycles. The standard InChI is InChI=1S/C17H13N3S/c1-2-13-4-3-5-15(10-13)19-11-16-12-20-17(21-16)14-6-8-18-9-7-14/h1,3-10,12,19H,11H2. The van der Waals surface area contributed by atoms with Crippen LogP contribution in [0.4, 0.5) is 5.69 Å². The Morgan fingerprint density at radius 1 is 1.19 bits per heavy atom. The molecule has 0 saturated heterocycles. The van der Waals surface area contributed by atoms with Gasteiger partial charge in [0.05, 0.1) is 6.54 Å². The van der Waals surface area contributed by atoms with E-state index in [1.807, 2.05) is 42.6 Å². The van der Waals surface area contributed by atoms with Crippen molar-refractivity contribution < 1.29 is 0 Å². The maximum atomic E-state index is 5.40. The summed E-state index contributed by atoms with van der Waals surface area (Å²) in [5, 5.41) is 4.37. The van der Waals surface area contributed by atoms with E-state index in [9.17, 15) is 0 Å². The van der Waals surface area contributed by atoms with Crippen molar-refractivity contribution in [2.75, 3.05) is 5.32 Å². The van der Waals surface area contributed by atoms with Gasteiger partial charge in [-0.2, -0.15) is 0 Å². The van der Waals surface area contributed by atoms with Gasteiger partial charge in [0.15, 0.2) is 0 Å². The number of aromatic nitrogens is 2. The van der Waals surface area contributed by atoms with Gasteiger partial charge in [0.1, 0.15) is 5.01 Å². The molecule has 2 heterocycles. The second kappa shape index (κ2) is 6.21. The Hall–Kier alpha value is -2.64. The highest BCUT2D eigenvalue weighted by Crippen LogP contribution is 2.25. The van der Waals surface area contributed by atoms with Gasteiger partial charge in [0.25, 0.3) is 0 Å². The first-order valence-corrected chi connectivity index (χ1v) is 7.32. The summed E-state index contributed by atoms with van der Waals surface area (Å²) in [6.45, 7) is 0.733. The highest BCUT2D eigenvalue weighted by molar-refractivity contribution is 7.15. The maximum absolute atomic E-state index is 5.40. The van der Waals surface area contributed by atoms with Gasteiger partial charge in [0.2, 0.25) is 0 Å². The van der Waals surface area contributed by atoms with Gasteiger partial charge in [-0.25, -0.2) is 4.98 Å². The van der Waals surface area contributed by atoms with Crippen LogP contribution in [0.3, 0.4) is 0 Å². The second-order valence-corrected chi connectivity index (χ2v) is 5.56. The van der Waals surface area contributed by atoms with E-state index in [4.69, 9.17) is 6.42 Å². The van der Waals surface area contributed by atoms with Crippen molar-refractivity contribution in [2.45, 2.75) is 6.54 Å². The summed E-state index contributed by atoms with van der Waals surface area (Å²) in [4.78, 5) is 9.64. The van der Waals surface area contributed by atoms with Crippen LogP contribution >= 0.6 is 11.3 Å². The number of pyridine rings is 1. The number of anilines is 1. The number of hydrogen-bond acceptors (Lipinski definition) is 4. The molecule has 3 aromatic rings. The Morgan fingerprint density at radius 2 is 2.05 bits per heavy atom. The molecular formula is C17H13N3S. The first-order chi connectivity index (χ1) is 10.3. The van der Waals surface area contributed by atoms with E-state index in [2.05, 4.69) is 21.2 Å². The molecule has 0 unspecified atom stereocenters. The predicted molar refractivity (Wildman–Crippen MR) is 87.0 cm³/mol. The smallest absolute Gasteiger partial charge is 0.123 e. The monoisotopic (exact) mass is 291 g/mol. The van der Waals surface area contributed by atoms with E-state index in [1.165, 1.54) is 4.88 Å². The molecule has 0 bridgehead atoms. The van der Waals surface area contributed by atoms with Crippen LogP contribution in [0.25, 0.3) is 10.6 Å². The summed E-state index contributed by atoms with van der Waals surface area (Å²) in [6.07, 6.45) is 10.9. The van der Waals surface area contributed by atoms with E-state index in [1.54, 1.807) is 23.7 Å². The predicted octanol–water partition coefficient (Wildman–Crippen LogP) is 3.80. The molecule has 4 heteroatoms.